The number of rotatable bonds is 4. The summed E-state index contributed by atoms with van der Waals surface area (Å²) in [6.07, 6.45) is -4.25. The summed E-state index contributed by atoms with van der Waals surface area (Å²) in [6.45, 7) is 6.91. The van der Waals surface area contributed by atoms with Gasteiger partial charge in [0, 0.05) is 7.11 Å². The van der Waals surface area contributed by atoms with Crippen LogP contribution in [0.2, 0.25) is 0 Å². The van der Waals surface area contributed by atoms with Crippen molar-refractivity contribution >= 4 is 0 Å². The number of halogens is 3. The number of aryl methyl sites for hydroxylation is 1. The molecule has 0 amide bonds. The molecule has 0 radical (unpaired) electrons. The molecule has 2 atom stereocenters. The number of benzene rings is 1. The van der Waals surface area contributed by atoms with Gasteiger partial charge in [-0.25, -0.2) is 0 Å². The number of hydrogen-bond donors (Lipinski definition) is 0. The molecule has 0 aliphatic carbocycles. The summed E-state index contributed by atoms with van der Waals surface area (Å²) < 4.78 is 44.5. The molecule has 0 aromatic heterocycles. The highest BCUT2D eigenvalue weighted by Gasteiger charge is 2.45. The second-order valence-corrected chi connectivity index (χ2v) is 4.24. The lowest BCUT2D eigenvalue weighted by atomic mass is 9.87. The summed E-state index contributed by atoms with van der Waals surface area (Å²) in [5.41, 5.74) is 1.72. The first kappa shape index (κ1) is 14.8. The van der Waals surface area contributed by atoms with Crippen LogP contribution in [0, 0.1) is 13.8 Å². The minimum Gasteiger partial charge on any atom is -0.376 e. The van der Waals surface area contributed by atoms with E-state index in [1.54, 1.807) is 26.0 Å². The predicted octanol–water partition coefficient (Wildman–Crippen LogP) is 4.15. The van der Waals surface area contributed by atoms with Gasteiger partial charge in [0.1, 0.15) is 5.92 Å². The van der Waals surface area contributed by atoms with Gasteiger partial charge in [-0.05, 0) is 30.5 Å². The first-order chi connectivity index (χ1) is 8.32. The fraction of sp³-hybridized carbons (Fsp3) is 0.429. The van der Waals surface area contributed by atoms with Crippen LogP contribution in [-0.2, 0) is 4.74 Å². The number of hydrogen-bond acceptors (Lipinski definition) is 1. The zero-order valence-corrected chi connectivity index (χ0v) is 10.7. The van der Waals surface area contributed by atoms with Gasteiger partial charge in [-0.1, -0.05) is 24.3 Å². The minimum atomic E-state index is -4.37. The van der Waals surface area contributed by atoms with E-state index >= 15 is 0 Å². The van der Waals surface area contributed by atoms with Crippen LogP contribution in [0.1, 0.15) is 22.6 Å². The highest BCUT2D eigenvalue weighted by molar-refractivity contribution is 5.37. The standard InChI is InChI=1S/C14H17F3O/c1-5-12(18-4)13(14(15,16)17)11-8-6-7-9(2)10(11)3/h5-8,12-13H,1H2,2-4H3. The fourth-order valence-corrected chi connectivity index (χ4v) is 2.02. The zero-order chi connectivity index (χ0) is 13.9. The van der Waals surface area contributed by atoms with Gasteiger partial charge in [-0.2, -0.15) is 13.2 Å². The van der Waals surface area contributed by atoms with Crippen LogP contribution < -0.4 is 0 Å². The van der Waals surface area contributed by atoms with Crippen molar-refractivity contribution in [3.05, 3.63) is 47.5 Å². The van der Waals surface area contributed by atoms with E-state index in [0.717, 1.165) is 5.56 Å². The molecule has 0 saturated carbocycles. The van der Waals surface area contributed by atoms with Crippen LogP contribution >= 0.6 is 0 Å². The summed E-state index contributed by atoms with van der Waals surface area (Å²) in [7, 11) is 1.26. The molecule has 0 aliphatic heterocycles. The van der Waals surface area contributed by atoms with Gasteiger partial charge in [-0.3, -0.25) is 0 Å². The number of alkyl halides is 3. The lowest BCUT2D eigenvalue weighted by Crippen LogP contribution is -2.32. The Hall–Kier alpha value is -1.29. The SMILES string of the molecule is C=CC(OC)C(c1cccc(C)c1C)C(F)(F)F. The third-order valence-corrected chi connectivity index (χ3v) is 3.17. The van der Waals surface area contributed by atoms with Crippen LogP contribution in [0.25, 0.3) is 0 Å². The van der Waals surface area contributed by atoms with Crippen molar-refractivity contribution in [2.75, 3.05) is 7.11 Å². The molecule has 100 valence electrons. The second-order valence-electron chi connectivity index (χ2n) is 4.24. The normalized spacial score (nSPS) is 15.2. The molecule has 0 aliphatic rings. The number of ether oxygens (including phenoxy) is 1. The van der Waals surface area contributed by atoms with Crippen molar-refractivity contribution in [2.45, 2.75) is 32.0 Å². The van der Waals surface area contributed by atoms with E-state index in [-0.39, 0.29) is 5.56 Å². The maximum absolute atomic E-state index is 13.2. The molecule has 1 nitrogen and oxygen atoms in total. The van der Waals surface area contributed by atoms with Crippen LogP contribution in [0.3, 0.4) is 0 Å². The van der Waals surface area contributed by atoms with E-state index in [2.05, 4.69) is 6.58 Å². The highest BCUT2D eigenvalue weighted by atomic mass is 19.4. The summed E-state index contributed by atoms with van der Waals surface area (Å²) >= 11 is 0. The Kier molecular flexibility index (Phi) is 4.57. The lowest BCUT2D eigenvalue weighted by Gasteiger charge is -2.28. The Morgan fingerprint density at radius 2 is 1.89 bits per heavy atom. The summed E-state index contributed by atoms with van der Waals surface area (Å²) in [5.74, 6) is -1.68. The van der Waals surface area contributed by atoms with Gasteiger partial charge < -0.3 is 4.74 Å². The van der Waals surface area contributed by atoms with Crippen LogP contribution in [0.4, 0.5) is 13.2 Å². The van der Waals surface area contributed by atoms with E-state index in [4.69, 9.17) is 4.74 Å². The molecule has 0 fully saturated rings. The smallest absolute Gasteiger partial charge is 0.376 e. The molecule has 2 unspecified atom stereocenters. The molecule has 1 aromatic carbocycles. The van der Waals surface area contributed by atoms with E-state index in [0.29, 0.717) is 5.56 Å². The molecule has 1 aromatic rings. The second kappa shape index (κ2) is 5.57. The molecule has 4 heteroatoms. The van der Waals surface area contributed by atoms with Crippen LogP contribution in [0.5, 0.6) is 0 Å². The molecule has 0 spiro atoms. The maximum Gasteiger partial charge on any atom is 0.398 e. The Labute approximate surface area is 105 Å². The summed E-state index contributed by atoms with van der Waals surface area (Å²) in [4.78, 5) is 0. The van der Waals surface area contributed by atoms with Crippen LogP contribution in [-0.4, -0.2) is 19.4 Å². The Morgan fingerprint density at radius 1 is 1.28 bits per heavy atom. The van der Waals surface area contributed by atoms with Crippen LogP contribution in [0.15, 0.2) is 30.9 Å². The fourth-order valence-electron chi connectivity index (χ4n) is 2.02. The van der Waals surface area contributed by atoms with Gasteiger partial charge >= 0.3 is 6.18 Å². The summed E-state index contributed by atoms with van der Waals surface area (Å²) in [5, 5.41) is 0. The van der Waals surface area contributed by atoms with Gasteiger partial charge in [0.05, 0.1) is 6.10 Å². The van der Waals surface area contributed by atoms with Crippen molar-refractivity contribution in [1.82, 2.24) is 0 Å². The minimum absolute atomic E-state index is 0.245. The molecule has 0 N–H and O–H groups in total. The molecule has 0 heterocycles. The number of methoxy groups -OCH3 is 1. The van der Waals surface area contributed by atoms with Crippen molar-refractivity contribution < 1.29 is 17.9 Å². The Morgan fingerprint density at radius 3 is 2.33 bits per heavy atom. The molecule has 18 heavy (non-hydrogen) atoms. The van der Waals surface area contributed by atoms with E-state index < -0.39 is 18.2 Å². The molecule has 0 bridgehead atoms. The van der Waals surface area contributed by atoms with Crippen molar-refractivity contribution in [1.29, 1.82) is 0 Å². The Bertz CT molecular complexity index is 424. The largest absolute Gasteiger partial charge is 0.398 e. The quantitative estimate of drug-likeness (QED) is 0.737. The van der Waals surface area contributed by atoms with Gasteiger partial charge in [-0.15, -0.1) is 6.58 Å². The lowest BCUT2D eigenvalue weighted by molar-refractivity contribution is -0.170. The first-order valence-corrected chi connectivity index (χ1v) is 5.61. The van der Waals surface area contributed by atoms with E-state index in [9.17, 15) is 13.2 Å². The highest BCUT2D eigenvalue weighted by Crippen LogP contribution is 2.40. The van der Waals surface area contributed by atoms with Crippen molar-refractivity contribution in [2.24, 2.45) is 0 Å². The monoisotopic (exact) mass is 258 g/mol. The molecule has 1 rings (SSSR count). The molecular weight excluding hydrogens is 241 g/mol. The predicted molar refractivity (Wildman–Crippen MR) is 65.7 cm³/mol. The average Bonchev–Trinajstić information content (AvgIpc) is 2.29. The third kappa shape index (κ3) is 2.93. The topological polar surface area (TPSA) is 9.23 Å². The molecule has 0 saturated heterocycles. The van der Waals surface area contributed by atoms with Gasteiger partial charge in [0.15, 0.2) is 0 Å². The zero-order valence-electron chi connectivity index (χ0n) is 10.7. The third-order valence-electron chi connectivity index (χ3n) is 3.17. The van der Waals surface area contributed by atoms with Gasteiger partial charge in [0.2, 0.25) is 0 Å². The van der Waals surface area contributed by atoms with E-state index in [1.165, 1.54) is 19.3 Å². The molecular formula is C14H17F3O. The Balaban J connectivity index is 3.35. The van der Waals surface area contributed by atoms with Gasteiger partial charge in [0.25, 0.3) is 0 Å². The van der Waals surface area contributed by atoms with Crippen molar-refractivity contribution in [3.8, 4) is 0 Å². The first-order valence-electron chi connectivity index (χ1n) is 5.61. The maximum atomic E-state index is 13.2. The van der Waals surface area contributed by atoms with E-state index in [1.807, 2.05) is 0 Å². The summed E-state index contributed by atoms with van der Waals surface area (Å²) in [6, 6.07) is 4.92. The van der Waals surface area contributed by atoms with Crippen molar-refractivity contribution in [3.63, 3.8) is 0 Å². The average molecular weight is 258 g/mol.